The lowest BCUT2D eigenvalue weighted by Gasteiger charge is -2.41. The van der Waals surface area contributed by atoms with Gasteiger partial charge in [0.2, 0.25) is 0 Å². The zero-order valence-corrected chi connectivity index (χ0v) is 17.4. The van der Waals surface area contributed by atoms with Crippen molar-refractivity contribution >= 4 is 22.3 Å². The van der Waals surface area contributed by atoms with Crippen molar-refractivity contribution in [3.63, 3.8) is 0 Å². The van der Waals surface area contributed by atoms with Crippen LogP contribution in [0.1, 0.15) is 29.2 Å². The number of rotatable bonds is 3. The largest absolute Gasteiger partial charge is 0.461 e. The quantitative estimate of drug-likeness (QED) is 0.664. The maximum atomic E-state index is 5.98. The van der Waals surface area contributed by atoms with Crippen molar-refractivity contribution in [3.05, 3.63) is 59.4 Å². The van der Waals surface area contributed by atoms with Crippen LogP contribution in [0.4, 0.5) is 11.4 Å². The summed E-state index contributed by atoms with van der Waals surface area (Å²) in [7, 11) is 2.23. The van der Waals surface area contributed by atoms with Gasteiger partial charge in [0.1, 0.15) is 11.3 Å². The number of anilines is 2. The van der Waals surface area contributed by atoms with E-state index < -0.39 is 0 Å². The van der Waals surface area contributed by atoms with Crippen molar-refractivity contribution in [1.82, 2.24) is 4.90 Å². The molecule has 0 saturated carbocycles. The highest BCUT2D eigenvalue weighted by molar-refractivity contribution is 5.81. The lowest BCUT2D eigenvalue weighted by Crippen LogP contribution is -2.49. The van der Waals surface area contributed by atoms with Gasteiger partial charge in [-0.2, -0.15) is 0 Å². The molecule has 4 nitrogen and oxygen atoms in total. The van der Waals surface area contributed by atoms with Crippen molar-refractivity contribution in [2.24, 2.45) is 0 Å². The Kier molecular flexibility index (Phi) is 3.92. The topological polar surface area (TPSA) is 22.9 Å². The van der Waals surface area contributed by atoms with E-state index in [-0.39, 0.29) is 0 Å². The molecule has 0 bridgehead atoms. The van der Waals surface area contributed by atoms with Gasteiger partial charge in [-0.15, -0.1) is 0 Å². The van der Waals surface area contributed by atoms with Gasteiger partial charge in [-0.05, 0) is 43.0 Å². The summed E-state index contributed by atoms with van der Waals surface area (Å²) in [5.41, 5.74) is 6.94. The van der Waals surface area contributed by atoms with E-state index in [2.05, 4.69) is 64.2 Å². The van der Waals surface area contributed by atoms with Crippen LogP contribution in [-0.4, -0.2) is 50.7 Å². The fraction of sp³-hybridized carbons (Fsp3) is 0.440. The molecule has 0 radical (unpaired) electrons. The Balaban J connectivity index is 1.22. The normalized spacial score (nSPS) is 23.5. The summed E-state index contributed by atoms with van der Waals surface area (Å²) in [5, 5.41) is 1.23. The zero-order valence-electron chi connectivity index (χ0n) is 17.4. The predicted molar refractivity (Wildman–Crippen MR) is 119 cm³/mol. The van der Waals surface area contributed by atoms with Crippen LogP contribution in [0.5, 0.6) is 0 Å². The first-order chi connectivity index (χ1) is 14.2. The zero-order chi connectivity index (χ0) is 19.5. The lowest BCUT2D eigenvalue weighted by atomic mass is 9.89. The second-order valence-electron chi connectivity index (χ2n) is 9.04. The van der Waals surface area contributed by atoms with Crippen LogP contribution < -0.4 is 9.80 Å². The summed E-state index contributed by atoms with van der Waals surface area (Å²) in [6.07, 6.45) is 2.33. The number of aryl methyl sites for hydroxylation is 1. The highest BCUT2D eigenvalue weighted by Gasteiger charge is 2.44. The molecule has 3 aromatic rings. The Hall–Kier alpha value is -2.46. The smallest absolute Gasteiger partial charge is 0.137 e. The highest BCUT2D eigenvalue weighted by Crippen LogP contribution is 2.50. The summed E-state index contributed by atoms with van der Waals surface area (Å²) >= 11 is 0. The molecule has 2 aromatic carbocycles. The minimum Gasteiger partial charge on any atom is -0.461 e. The summed E-state index contributed by atoms with van der Waals surface area (Å²) in [6.45, 7) is 7.82. The number of benzene rings is 2. The van der Waals surface area contributed by atoms with Crippen molar-refractivity contribution in [1.29, 1.82) is 0 Å². The predicted octanol–water partition coefficient (Wildman–Crippen LogP) is 4.41. The first-order valence-corrected chi connectivity index (χ1v) is 11.0. The van der Waals surface area contributed by atoms with Gasteiger partial charge in [-0.25, -0.2) is 0 Å². The molecule has 2 unspecified atom stereocenters. The molecule has 29 heavy (non-hydrogen) atoms. The Labute approximate surface area is 172 Å². The van der Waals surface area contributed by atoms with Gasteiger partial charge in [0.15, 0.2) is 0 Å². The molecular formula is C25H29N3O. The molecule has 1 fully saturated rings. The second kappa shape index (κ2) is 6.53. The maximum absolute atomic E-state index is 5.98. The minimum atomic E-state index is 0.645. The van der Waals surface area contributed by atoms with Crippen molar-refractivity contribution in [2.75, 3.05) is 49.6 Å². The van der Waals surface area contributed by atoms with E-state index in [0.29, 0.717) is 12.0 Å². The number of para-hydroxylation sites is 2. The van der Waals surface area contributed by atoms with Gasteiger partial charge in [-0.1, -0.05) is 30.3 Å². The van der Waals surface area contributed by atoms with Gasteiger partial charge < -0.3 is 19.1 Å². The van der Waals surface area contributed by atoms with Crippen LogP contribution >= 0.6 is 0 Å². The van der Waals surface area contributed by atoms with Crippen molar-refractivity contribution < 1.29 is 4.42 Å². The summed E-state index contributed by atoms with van der Waals surface area (Å²) < 4.78 is 5.98. The molecule has 1 aromatic heterocycles. The number of likely N-dealkylation sites (tertiary alicyclic amines) is 1. The van der Waals surface area contributed by atoms with Gasteiger partial charge in [0, 0.05) is 57.1 Å². The van der Waals surface area contributed by atoms with Crippen LogP contribution in [0.15, 0.2) is 46.9 Å². The molecule has 4 heterocycles. The summed E-state index contributed by atoms with van der Waals surface area (Å²) in [5.74, 6) is 1.65. The number of hydrogen-bond donors (Lipinski definition) is 0. The van der Waals surface area contributed by atoms with Crippen LogP contribution in [0.3, 0.4) is 0 Å². The van der Waals surface area contributed by atoms with E-state index in [1.54, 1.807) is 5.56 Å². The van der Waals surface area contributed by atoms with Crippen LogP contribution in [0, 0.1) is 6.92 Å². The molecular weight excluding hydrogens is 358 g/mol. The third kappa shape index (κ3) is 2.69. The maximum Gasteiger partial charge on any atom is 0.137 e. The number of furan rings is 1. The molecule has 0 aliphatic carbocycles. The minimum absolute atomic E-state index is 0.645. The van der Waals surface area contributed by atoms with E-state index >= 15 is 0 Å². The van der Waals surface area contributed by atoms with Crippen molar-refractivity contribution in [3.8, 4) is 0 Å². The molecule has 3 aliphatic heterocycles. The van der Waals surface area contributed by atoms with E-state index in [0.717, 1.165) is 30.9 Å². The number of fused-ring (bicyclic) bond motifs is 4. The first-order valence-electron chi connectivity index (χ1n) is 11.0. The number of hydrogen-bond acceptors (Lipinski definition) is 4. The molecule has 6 rings (SSSR count). The highest BCUT2D eigenvalue weighted by atomic mass is 16.3. The summed E-state index contributed by atoms with van der Waals surface area (Å²) in [4.78, 5) is 7.83. The molecule has 0 spiro atoms. The SMILES string of the molecule is Cc1cc2cccc(CCN3CCC4C(C3)c3cccc5c3N4CCN5C)c2o1. The van der Waals surface area contributed by atoms with Crippen molar-refractivity contribution in [2.45, 2.75) is 31.7 Å². The third-order valence-electron chi connectivity index (χ3n) is 7.33. The molecule has 0 N–H and O–H groups in total. The number of nitrogens with zero attached hydrogens (tertiary/aromatic N) is 3. The van der Waals surface area contributed by atoms with E-state index in [1.807, 2.05) is 6.92 Å². The number of piperidine rings is 1. The van der Waals surface area contributed by atoms with Crippen LogP contribution in [0.25, 0.3) is 11.0 Å². The Morgan fingerprint density at radius 3 is 2.90 bits per heavy atom. The van der Waals surface area contributed by atoms with E-state index in [4.69, 9.17) is 4.42 Å². The number of likely N-dealkylation sites (N-methyl/N-ethyl adjacent to an activating group) is 1. The average Bonchev–Trinajstić information content (AvgIpc) is 3.27. The van der Waals surface area contributed by atoms with Crippen LogP contribution in [0.2, 0.25) is 0 Å². The Bertz CT molecular complexity index is 1070. The monoisotopic (exact) mass is 387 g/mol. The van der Waals surface area contributed by atoms with Gasteiger partial charge in [0.05, 0.1) is 11.4 Å². The molecule has 4 heteroatoms. The van der Waals surface area contributed by atoms with E-state index in [9.17, 15) is 0 Å². The second-order valence-corrected chi connectivity index (χ2v) is 9.04. The molecule has 1 saturated heterocycles. The fourth-order valence-corrected chi connectivity index (χ4v) is 5.91. The molecule has 2 atom stereocenters. The molecule has 150 valence electrons. The first kappa shape index (κ1) is 17.4. The van der Waals surface area contributed by atoms with Gasteiger partial charge in [0.25, 0.3) is 0 Å². The third-order valence-corrected chi connectivity index (χ3v) is 7.33. The van der Waals surface area contributed by atoms with E-state index in [1.165, 1.54) is 48.4 Å². The summed E-state index contributed by atoms with van der Waals surface area (Å²) in [6, 6.07) is 16.3. The van der Waals surface area contributed by atoms with Gasteiger partial charge >= 0.3 is 0 Å². The molecule has 3 aliphatic rings. The average molecular weight is 388 g/mol. The Morgan fingerprint density at radius 2 is 1.97 bits per heavy atom. The lowest BCUT2D eigenvalue weighted by molar-refractivity contribution is 0.195. The standard InChI is InChI=1S/C25H29N3O/c1-17-15-19-6-3-5-18(25(19)29-17)9-11-27-12-10-22-21(16-27)20-7-4-8-23-24(20)28(22)14-13-26(23)2/h3-8,15,21-22H,9-14,16H2,1-2H3. The molecule has 0 amide bonds. The van der Waals surface area contributed by atoms with Crippen LogP contribution in [-0.2, 0) is 6.42 Å². The Morgan fingerprint density at radius 1 is 1.07 bits per heavy atom. The van der Waals surface area contributed by atoms with Gasteiger partial charge in [-0.3, -0.25) is 0 Å². The fourth-order valence-electron chi connectivity index (χ4n) is 5.91.